The number of rotatable bonds is 3. The molecule has 0 aliphatic heterocycles. The number of hydrogen-bond acceptors (Lipinski definition) is 3. The van der Waals surface area contributed by atoms with Crippen LogP contribution in [0.25, 0.3) is 0 Å². The molecule has 4 nitrogen and oxygen atoms in total. The molecule has 0 fully saturated rings. The van der Waals surface area contributed by atoms with E-state index < -0.39 is 10.0 Å². The summed E-state index contributed by atoms with van der Waals surface area (Å²) in [5, 5.41) is 10.1. The molecule has 0 spiro atoms. The highest BCUT2D eigenvalue weighted by atomic mass is 35.5. The summed E-state index contributed by atoms with van der Waals surface area (Å²) in [6, 6.07) is 8.61. The van der Waals surface area contributed by atoms with Crippen LogP contribution in [-0.4, -0.2) is 13.5 Å². The molecule has 0 saturated heterocycles. The summed E-state index contributed by atoms with van der Waals surface area (Å²) in [5.74, 6) is -0.160. The molecule has 0 unspecified atom stereocenters. The van der Waals surface area contributed by atoms with E-state index in [0.29, 0.717) is 0 Å². The fourth-order valence-electron chi connectivity index (χ4n) is 1.62. The average Bonchev–Trinajstić information content (AvgIpc) is 2.32. The first-order chi connectivity index (χ1) is 9.28. The number of sulfonamides is 1. The molecule has 2 N–H and O–H groups in total. The van der Waals surface area contributed by atoms with Crippen LogP contribution in [0.3, 0.4) is 0 Å². The molecule has 0 aliphatic carbocycles. The van der Waals surface area contributed by atoms with Gasteiger partial charge >= 0.3 is 0 Å². The minimum absolute atomic E-state index is 0.0732. The number of phenols is 1. The maximum Gasteiger partial charge on any atom is 0.262 e. The van der Waals surface area contributed by atoms with Crippen molar-refractivity contribution in [3.8, 4) is 5.75 Å². The Labute approximate surface area is 127 Å². The van der Waals surface area contributed by atoms with Gasteiger partial charge in [0.2, 0.25) is 0 Å². The number of aromatic hydroxyl groups is 1. The van der Waals surface area contributed by atoms with E-state index in [2.05, 4.69) is 4.72 Å². The Kier molecular flexibility index (Phi) is 4.13. The topological polar surface area (TPSA) is 66.4 Å². The Bertz CT molecular complexity index is 740. The van der Waals surface area contributed by atoms with Crippen LogP contribution in [-0.2, 0) is 10.0 Å². The Morgan fingerprint density at radius 1 is 1.05 bits per heavy atom. The van der Waals surface area contributed by atoms with E-state index in [0.717, 1.165) is 5.56 Å². The summed E-state index contributed by atoms with van der Waals surface area (Å²) in [7, 11) is -3.88. The second kappa shape index (κ2) is 5.52. The lowest BCUT2D eigenvalue weighted by Gasteiger charge is -2.11. The van der Waals surface area contributed by atoms with Crippen LogP contribution < -0.4 is 4.72 Å². The molecule has 0 aliphatic rings. The van der Waals surface area contributed by atoms with Crippen LogP contribution in [0.15, 0.2) is 41.3 Å². The van der Waals surface area contributed by atoms with Gasteiger partial charge in [0.15, 0.2) is 0 Å². The highest BCUT2D eigenvalue weighted by Gasteiger charge is 2.17. The first kappa shape index (κ1) is 15.0. The zero-order valence-electron chi connectivity index (χ0n) is 10.4. The van der Waals surface area contributed by atoms with Crippen molar-refractivity contribution in [2.24, 2.45) is 0 Å². The van der Waals surface area contributed by atoms with E-state index >= 15 is 0 Å². The Morgan fingerprint density at radius 3 is 2.25 bits per heavy atom. The fourth-order valence-corrected chi connectivity index (χ4v) is 3.41. The van der Waals surface area contributed by atoms with Gasteiger partial charge in [-0.15, -0.1) is 0 Å². The Morgan fingerprint density at radius 2 is 1.65 bits per heavy atom. The van der Waals surface area contributed by atoms with Crippen LogP contribution in [0.1, 0.15) is 5.56 Å². The molecule has 0 amide bonds. The van der Waals surface area contributed by atoms with Gasteiger partial charge in [-0.1, -0.05) is 29.3 Å². The van der Waals surface area contributed by atoms with E-state index in [4.69, 9.17) is 23.2 Å². The molecule has 0 bridgehead atoms. The van der Waals surface area contributed by atoms with Gasteiger partial charge in [-0.05, 0) is 42.8 Å². The van der Waals surface area contributed by atoms with E-state index in [-0.39, 0.29) is 26.4 Å². The maximum atomic E-state index is 12.2. The van der Waals surface area contributed by atoms with E-state index in [9.17, 15) is 13.5 Å². The van der Waals surface area contributed by atoms with Crippen molar-refractivity contribution in [1.82, 2.24) is 0 Å². The Hall–Kier alpha value is -1.43. The lowest BCUT2D eigenvalue weighted by Crippen LogP contribution is -2.13. The van der Waals surface area contributed by atoms with Gasteiger partial charge in [0.1, 0.15) is 5.75 Å². The molecule has 0 atom stereocenters. The van der Waals surface area contributed by atoms with Crippen molar-refractivity contribution < 1.29 is 13.5 Å². The largest absolute Gasteiger partial charge is 0.506 e. The number of phenolic OH excluding ortho intramolecular Hbond substituents is 1. The lowest BCUT2D eigenvalue weighted by molar-refractivity contribution is 0.477. The molecule has 7 heteroatoms. The zero-order chi connectivity index (χ0) is 14.9. The molecule has 20 heavy (non-hydrogen) atoms. The molecule has 0 aromatic heterocycles. The smallest absolute Gasteiger partial charge is 0.262 e. The summed E-state index contributed by atoms with van der Waals surface area (Å²) in [6.07, 6.45) is 0. The minimum Gasteiger partial charge on any atom is -0.506 e. The normalized spacial score (nSPS) is 11.3. The molecular formula is C13H11Cl2NO3S. The average molecular weight is 332 g/mol. The predicted octanol–water partition coefficient (Wildman–Crippen LogP) is 3.81. The van der Waals surface area contributed by atoms with Crippen LogP contribution in [0.2, 0.25) is 10.0 Å². The van der Waals surface area contributed by atoms with Gasteiger partial charge in [-0.2, -0.15) is 0 Å². The molecule has 2 aromatic rings. The third-order valence-corrected chi connectivity index (χ3v) is 4.32. The molecule has 0 saturated carbocycles. The van der Waals surface area contributed by atoms with Crippen molar-refractivity contribution in [3.05, 3.63) is 52.0 Å². The van der Waals surface area contributed by atoms with Crippen LogP contribution in [0, 0.1) is 6.92 Å². The number of halogens is 2. The van der Waals surface area contributed by atoms with Gasteiger partial charge in [-0.25, -0.2) is 8.42 Å². The van der Waals surface area contributed by atoms with Crippen molar-refractivity contribution in [2.75, 3.05) is 4.72 Å². The zero-order valence-corrected chi connectivity index (χ0v) is 12.7. The second-order valence-corrected chi connectivity index (χ2v) is 6.79. The van der Waals surface area contributed by atoms with E-state index in [1.54, 1.807) is 13.0 Å². The molecule has 2 aromatic carbocycles. The quantitative estimate of drug-likeness (QED) is 0.840. The van der Waals surface area contributed by atoms with E-state index in [1.165, 1.54) is 30.3 Å². The van der Waals surface area contributed by atoms with Gasteiger partial charge < -0.3 is 5.11 Å². The van der Waals surface area contributed by atoms with Crippen molar-refractivity contribution >= 4 is 38.9 Å². The first-order valence-electron chi connectivity index (χ1n) is 5.56. The Balaban J connectivity index is 2.43. The number of anilines is 1. The van der Waals surface area contributed by atoms with Gasteiger partial charge in [-0.3, -0.25) is 4.72 Å². The number of aryl methyl sites for hydroxylation is 1. The molecular weight excluding hydrogens is 321 g/mol. The number of nitrogens with one attached hydrogen (secondary N) is 1. The van der Waals surface area contributed by atoms with Gasteiger partial charge in [0.05, 0.1) is 10.6 Å². The summed E-state index contributed by atoms with van der Waals surface area (Å²) in [5.41, 5.74) is 0.908. The molecule has 106 valence electrons. The van der Waals surface area contributed by atoms with Crippen molar-refractivity contribution in [2.45, 2.75) is 11.8 Å². The lowest BCUT2D eigenvalue weighted by atomic mass is 10.2. The summed E-state index contributed by atoms with van der Waals surface area (Å²) in [4.78, 5) is -0.0732. The maximum absolute atomic E-state index is 12.2. The monoisotopic (exact) mass is 331 g/mol. The second-order valence-electron chi connectivity index (χ2n) is 4.23. The van der Waals surface area contributed by atoms with Crippen LogP contribution in [0.5, 0.6) is 5.75 Å². The van der Waals surface area contributed by atoms with Gasteiger partial charge in [0.25, 0.3) is 10.0 Å². The van der Waals surface area contributed by atoms with Gasteiger partial charge in [0, 0.05) is 10.0 Å². The SMILES string of the molecule is Cc1ccc(O)c(NS(=O)(=O)c2cc(Cl)cc(Cl)c2)c1. The van der Waals surface area contributed by atoms with Crippen LogP contribution in [0.4, 0.5) is 5.69 Å². The first-order valence-corrected chi connectivity index (χ1v) is 7.80. The van der Waals surface area contributed by atoms with Crippen LogP contribution >= 0.6 is 23.2 Å². The highest BCUT2D eigenvalue weighted by molar-refractivity contribution is 7.92. The summed E-state index contributed by atoms with van der Waals surface area (Å²) in [6.45, 7) is 1.79. The molecule has 0 radical (unpaired) electrons. The summed E-state index contributed by atoms with van der Waals surface area (Å²) >= 11 is 11.6. The standard InChI is InChI=1S/C13H11Cl2NO3S/c1-8-2-3-13(17)12(4-8)16-20(18,19)11-6-9(14)5-10(15)7-11/h2-7,16-17H,1H3. The molecule has 0 heterocycles. The fraction of sp³-hybridized carbons (Fsp3) is 0.0769. The predicted molar refractivity (Wildman–Crippen MR) is 80.1 cm³/mol. The third-order valence-electron chi connectivity index (χ3n) is 2.54. The summed E-state index contributed by atoms with van der Waals surface area (Å²) < 4.78 is 26.8. The van der Waals surface area contributed by atoms with Crippen molar-refractivity contribution in [3.63, 3.8) is 0 Å². The van der Waals surface area contributed by atoms with Crippen molar-refractivity contribution in [1.29, 1.82) is 0 Å². The minimum atomic E-state index is -3.88. The van der Waals surface area contributed by atoms with E-state index in [1.807, 2.05) is 0 Å². The number of benzene rings is 2. The molecule has 2 rings (SSSR count). The highest BCUT2D eigenvalue weighted by Crippen LogP contribution is 2.28. The third kappa shape index (κ3) is 3.36. The number of hydrogen-bond donors (Lipinski definition) is 2.